The number of benzene rings is 1. The summed E-state index contributed by atoms with van der Waals surface area (Å²) in [4.78, 5) is 12.3. The highest BCUT2D eigenvalue weighted by molar-refractivity contribution is 7.92. The molecule has 2 fully saturated rings. The van der Waals surface area contributed by atoms with Gasteiger partial charge in [0, 0.05) is 24.2 Å². The van der Waals surface area contributed by atoms with Crippen LogP contribution in [0.25, 0.3) is 0 Å². The summed E-state index contributed by atoms with van der Waals surface area (Å²) in [5, 5.41) is 6.54. The number of nitrogens with one attached hydrogen (secondary N) is 3. The molecule has 26 heavy (non-hydrogen) atoms. The average Bonchev–Trinajstić information content (AvgIpc) is 2.88. The average molecular weight is 402 g/mol. The van der Waals surface area contributed by atoms with Crippen molar-refractivity contribution in [3.8, 4) is 0 Å². The van der Waals surface area contributed by atoms with Gasteiger partial charge in [-0.05, 0) is 69.2 Å². The molecule has 0 saturated carbocycles. The van der Waals surface area contributed by atoms with Crippen LogP contribution in [0.5, 0.6) is 0 Å². The van der Waals surface area contributed by atoms with Crippen LogP contribution in [0.4, 0.5) is 11.4 Å². The first-order chi connectivity index (χ1) is 11.8. The Balaban J connectivity index is 0.00000243. The second-order valence-electron chi connectivity index (χ2n) is 7.26. The van der Waals surface area contributed by atoms with Gasteiger partial charge in [0.25, 0.3) is 0 Å². The highest BCUT2D eigenvalue weighted by Gasteiger charge is 2.34. The van der Waals surface area contributed by atoms with Crippen molar-refractivity contribution in [2.45, 2.75) is 58.0 Å². The van der Waals surface area contributed by atoms with E-state index in [-0.39, 0.29) is 24.1 Å². The molecule has 2 aliphatic rings. The molecule has 0 radical (unpaired) electrons. The van der Waals surface area contributed by atoms with Crippen LogP contribution >= 0.6 is 12.4 Å². The lowest BCUT2D eigenvalue weighted by molar-refractivity contribution is -0.117. The SMILES string of the molecule is CCS(=O)(=O)Nc1ccc(NC(=O)CC2CC3CCC(C2)N3)cc1C.Cl. The lowest BCUT2D eigenvalue weighted by Crippen LogP contribution is -2.39. The maximum Gasteiger partial charge on any atom is 0.232 e. The van der Waals surface area contributed by atoms with Crippen molar-refractivity contribution in [2.75, 3.05) is 15.8 Å². The molecule has 1 aromatic carbocycles. The number of hydrogen-bond donors (Lipinski definition) is 3. The van der Waals surface area contributed by atoms with Crippen LogP contribution in [0, 0.1) is 12.8 Å². The van der Waals surface area contributed by atoms with Gasteiger partial charge in [-0.15, -0.1) is 12.4 Å². The Labute approximate surface area is 162 Å². The highest BCUT2D eigenvalue weighted by Crippen LogP contribution is 2.33. The lowest BCUT2D eigenvalue weighted by atomic mass is 9.89. The van der Waals surface area contributed by atoms with E-state index in [2.05, 4.69) is 15.4 Å². The highest BCUT2D eigenvalue weighted by atomic mass is 35.5. The standard InChI is InChI=1S/C18H27N3O3S.ClH/c1-3-25(23,24)21-17-7-6-14(8-12(17)2)20-18(22)11-13-9-15-4-5-16(10-13)19-15;/h6-8,13,15-16,19,21H,3-5,9-11H2,1-2H3,(H,20,22);1H. The Morgan fingerprint density at radius 3 is 2.46 bits per heavy atom. The summed E-state index contributed by atoms with van der Waals surface area (Å²) in [7, 11) is -3.30. The molecule has 0 spiro atoms. The van der Waals surface area contributed by atoms with Gasteiger partial charge in [-0.1, -0.05) is 0 Å². The van der Waals surface area contributed by atoms with Crippen molar-refractivity contribution >= 4 is 39.7 Å². The third kappa shape index (κ3) is 5.34. The number of piperidine rings is 1. The number of amides is 1. The molecular formula is C18H28ClN3O3S. The molecule has 2 heterocycles. The third-order valence-electron chi connectivity index (χ3n) is 5.20. The van der Waals surface area contributed by atoms with Gasteiger partial charge in [0.05, 0.1) is 11.4 Å². The fourth-order valence-electron chi connectivity index (χ4n) is 3.91. The molecule has 146 valence electrons. The normalized spacial score (nSPS) is 24.6. The van der Waals surface area contributed by atoms with E-state index >= 15 is 0 Å². The number of fused-ring (bicyclic) bond motifs is 2. The van der Waals surface area contributed by atoms with E-state index in [9.17, 15) is 13.2 Å². The molecular weight excluding hydrogens is 374 g/mol. The molecule has 3 N–H and O–H groups in total. The summed E-state index contributed by atoms with van der Waals surface area (Å²) in [6.45, 7) is 3.42. The van der Waals surface area contributed by atoms with Gasteiger partial charge in [0.2, 0.25) is 15.9 Å². The molecule has 0 aromatic heterocycles. The van der Waals surface area contributed by atoms with Crippen LogP contribution in [-0.2, 0) is 14.8 Å². The molecule has 2 unspecified atom stereocenters. The van der Waals surface area contributed by atoms with E-state index in [1.807, 2.05) is 6.92 Å². The number of halogens is 1. The molecule has 2 bridgehead atoms. The molecule has 0 aliphatic carbocycles. The molecule has 2 saturated heterocycles. The lowest BCUT2D eigenvalue weighted by Gasteiger charge is -2.28. The van der Waals surface area contributed by atoms with E-state index < -0.39 is 10.0 Å². The topological polar surface area (TPSA) is 87.3 Å². The molecule has 2 atom stereocenters. The van der Waals surface area contributed by atoms with Crippen LogP contribution in [0.1, 0.15) is 44.6 Å². The minimum atomic E-state index is -3.30. The Hall–Kier alpha value is -1.31. The number of anilines is 2. The fraction of sp³-hybridized carbons (Fsp3) is 0.611. The monoisotopic (exact) mass is 401 g/mol. The Morgan fingerprint density at radius 2 is 1.88 bits per heavy atom. The van der Waals surface area contributed by atoms with Gasteiger partial charge < -0.3 is 10.6 Å². The summed E-state index contributed by atoms with van der Waals surface area (Å²) >= 11 is 0. The number of hydrogen-bond acceptors (Lipinski definition) is 4. The number of aryl methyl sites for hydroxylation is 1. The van der Waals surface area contributed by atoms with E-state index in [0.29, 0.717) is 35.8 Å². The molecule has 1 aromatic rings. The molecule has 1 amide bonds. The Kier molecular flexibility index (Phi) is 6.93. The van der Waals surface area contributed by atoms with Crippen molar-refractivity contribution in [2.24, 2.45) is 5.92 Å². The Bertz CT molecular complexity index is 742. The largest absolute Gasteiger partial charge is 0.326 e. The predicted molar refractivity (Wildman–Crippen MR) is 107 cm³/mol. The second kappa shape index (κ2) is 8.59. The zero-order valence-corrected chi connectivity index (χ0v) is 16.9. The molecule has 3 rings (SSSR count). The fourth-order valence-corrected chi connectivity index (χ4v) is 4.62. The maximum atomic E-state index is 12.3. The van der Waals surface area contributed by atoms with Gasteiger partial charge in [-0.2, -0.15) is 0 Å². The van der Waals surface area contributed by atoms with Crippen LogP contribution < -0.4 is 15.4 Å². The van der Waals surface area contributed by atoms with Crippen molar-refractivity contribution in [1.82, 2.24) is 5.32 Å². The maximum absolute atomic E-state index is 12.3. The van der Waals surface area contributed by atoms with E-state index in [0.717, 1.165) is 18.4 Å². The van der Waals surface area contributed by atoms with Gasteiger partial charge >= 0.3 is 0 Å². The number of carbonyl (C=O) groups is 1. The number of rotatable bonds is 6. The smallest absolute Gasteiger partial charge is 0.232 e. The summed E-state index contributed by atoms with van der Waals surface area (Å²) in [6, 6.07) is 6.42. The van der Waals surface area contributed by atoms with Crippen molar-refractivity contribution in [3.63, 3.8) is 0 Å². The summed E-state index contributed by atoms with van der Waals surface area (Å²) < 4.78 is 25.9. The molecule has 2 aliphatic heterocycles. The Morgan fingerprint density at radius 1 is 1.23 bits per heavy atom. The first kappa shape index (κ1) is 21.0. The summed E-state index contributed by atoms with van der Waals surface area (Å²) in [5.41, 5.74) is 2.04. The quantitative estimate of drug-likeness (QED) is 0.683. The van der Waals surface area contributed by atoms with E-state index in [4.69, 9.17) is 0 Å². The predicted octanol–water partition coefficient (Wildman–Crippen LogP) is 3.04. The first-order valence-corrected chi connectivity index (χ1v) is 10.7. The van der Waals surface area contributed by atoms with Crippen LogP contribution in [0.2, 0.25) is 0 Å². The van der Waals surface area contributed by atoms with Crippen LogP contribution in [0.3, 0.4) is 0 Å². The van der Waals surface area contributed by atoms with Gasteiger partial charge in [0.1, 0.15) is 0 Å². The second-order valence-corrected chi connectivity index (χ2v) is 9.27. The summed E-state index contributed by atoms with van der Waals surface area (Å²) in [6.07, 6.45) is 5.19. The molecule has 8 heteroatoms. The minimum absolute atomic E-state index is 0. The van der Waals surface area contributed by atoms with Crippen molar-refractivity contribution < 1.29 is 13.2 Å². The number of carbonyl (C=O) groups excluding carboxylic acids is 1. The van der Waals surface area contributed by atoms with E-state index in [1.54, 1.807) is 25.1 Å². The van der Waals surface area contributed by atoms with E-state index in [1.165, 1.54) is 12.8 Å². The molecule has 6 nitrogen and oxygen atoms in total. The van der Waals surface area contributed by atoms with Gasteiger partial charge in [0.15, 0.2) is 0 Å². The van der Waals surface area contributed by atoms with Crippen LogP contribution in [0.15, 0.2) is 18.2 Å². The van der Waals surface area contributed by atoms with Crippen LogP contribution in [-0.4, -0.2) is 32.2 Å². The zero-order valence-electron chi connectivity index (χ0n) is 15.2. The van der Waals surface area contributed by atoms with Crippen molar-refractivity contribution in [1.29, 1.82) is 0 Å². The third-order valence-corrected chi connectivity index (χ3v) is 6.49. The summed E-state index contributed by atoms with van der Waals surface area (Å²) in [5.74, 6) is 0.520. The van der Waals surface area contributed by atoms with Gasteiger partial charge in [-0.25, -0.2) is 8.42 Å². The van der Waals surface area contributed by atoms with Crippen molar-refractivity contribution in [3.05, 3.63) is 23.8 Å². The van der Waals surface area contributed by atoms with Gasteiger partial charge in [-0.3, -0.25) is 9.52 Å². The zero-order chi connectivity index (χ0) is 18.0. The first-order valence-electron chi connectivity index (χ1n) is 9.01. The number of sulfonamides is 1. The minimum Gasteiger partial charge on any atom is -0.326 e.